The number of ether oxygens (including phenoxy) is 1. The van der Waals surface area contributed by atoms with Crippen molar-refractivity contribution >= 4 is 12.6 Å². The molecular formula is C9H13NOS. The molecule has 1 aromatic heterocycles. The van der Waals surface area contributed by atoms with Crippen LogP contribution in [0.15, 0.2) is 12.3 Å². The van der Waals surface area contributed by atoms with Gasteiger partial charge in [-0.3, -0.25) is 0 Å². The van der Waals surface area contributed by atoms with E-state index in [9.17, 15) is 0 Å². The van der Waals surface area contributed by atoms with Crippen LogP contribution in [0.2, 0.25) is 0 Å². The Balaban J connectivity index is 2.86. The number of aromatic nitrogens is 1. The number of aryl methyl sites for hydroxylation is 2. The van der Waals surface area contributed by atoms with Crippen LogP contribution in [0, 0.1) is 6.92 Å². The summed E-state index contributed by atoms with van der Waals surface area (Å²) in [5.41, 5.74) is 2.29. The SMILES string of the molecule is COc1ncc(CCS)cc1C. The first-order valence-electron chi connectivity index (χ1n) is 3.88. The molecule has 0 aliphatic heterocycles. The Kier molecular flexibility index (Phi) is 3.41. The summed E-state index contributed by atoms with van der Waals surface area (Å²) in [6.45, 7) is 1.99. The zero-order chi connectivity index (χ0) is 8.97. The van der Waals surface area contributed by atoms with Crippen LogP contribution in [-0.4, -0.2) is 17.8 Å². The van der Waals surface area contributed by atoms with E-state index in [1.54, 1.807) is 7.11 Å². The molecule has 0 unspecified atom stereocenters. The fourth-order valence-electron chi connectivity index (χ4n) is 1.10. The number of methoxy groups -OCH3 is 1. The number of hydrogen-bond acceptors (Lipinski definition) is 3. The highest BCUT2D eigenvalue weighted by molar-refractivity contribution is 7.80. The average Bonchev–Trinajstić information content (AvgIpc) is 2.05. The topological polar surface area (TPSA) is 22.1 Å². The van der Waals surface area contributed by atoms with Crippen LogP contribution < -0.4 is 4.74 Å². The summed E-state index contributed by atoms with van der Waals surface area (Å²) >= 11 is 4.16. The van der Waals surface area contributed by atoms with Gasteiger partial charge in [-0.1, -0.05) is 0 Å². The third kappa shape index (κ3) is 2.14. The van der Waals surface area contributed by atoms with Gasteiger partial charge in [-0.15, -0.1) is 0 Å². The first-order chi connectivity index (χ1) is 5.77. The molecule has 0 bridgehead atoms. The first kappa shape index (κ1) is 9.39. The van der Waals surface area contributed by atoms with Crippen LogP contribution in [0.1, 0.15) is 11.1 Å². The Morgan fingerprint density at radius 2 is 2.33 bits per heavy atom. The highest BCUT2D eigenvalue weighted by Gasteiger charge is 1.99. The lowest BCUT2D eigenvalue weighted by Crippen LogP contribution is -1.94. The standard InChI is InChI=1S/C9H13NOS/c1-7-5-8(3-4-12)6-10-9(7)11-2/h5-6,12H,3-4H2,1-2H3. The summed E-state index contributed by atoms with van der Waals surface area (Å²) in [6, 6.07) is 2.09. The van der Waals surface area contributed by atoms with E-state index in [1.807, 2.05) is 13.1 Å². The highest BCUT2D eigenvalue weighted by Crippen LogP contribution is 2.14. The van der Waals surface area contributed by atoms with E-state index in [-0.39, 0.29) is 0 Å². The average molecular weight is 183 g/mol. The van der Waals surface area contributed by atoms with Crippen molar-refractivity contribution in [3.63, 3.8) is 0 Å². The van der Waals surface area contributed by atoms with Gasteiger partial charge in [0.2, 0.25) is 5.88 Å². The van der Waals surface area contributed by atoms with Gasteiger partial charge in [0.15, 0.2) is 0 Å². The third-order valence-corrected chi connectivity index (χ3v) is 1.90. The summed E-state index contributed by atoms with van der Waals surface area (Å²) in [7, 11) is 1.63. The summed E-state index contributed by atoms with van der Waals surface area (Å²) in [4.78, 5) is 4.16. The molecule has 1 rings (SSSR count). The lowest BCUT2D eigenvalue weighted by molar-refractivity contribution is 0.394. The molecule has 0 spiro atoms. The van der Waals surface area contributed by atoms with Crippen LogP contribution in [0.5, 0.6) is 5.88 Å². The molecule has 0 amide bonds. The molecule has 0 aliphatic carbocycles. The number of pyridine rings is 1. The number of thiol groups is 1. The highest BCUT2D eigenvalue weighted by atomic mass is 32.1. The zero-order valence-corrected chi connectivity index (χ0v) is 8.27. The van der Waals surface area contributed by atoms with Crippen molar-refractivity contribution in [2.75, 3.05) is 12.9 Å². The smallest absolute Gasteiger partial charge is 0.215 e. The molecule has 0 saturated carbocycles. The molecular weight excluding hydrogens is 170 g/mol. The minimum atomic E-state index is 0.706. The van der Waals surface area contributed by atoms with Gasteiger partial charge in [0, 0.05) is 11.8 Å². The second-order valence-corrected chi connectivity index (χ2v) is 3.09. The Morgan fingerprint density at radius 3 is 2.83 bits per heavy atom. The number of nitrogens with zero attached hydrogens (tertiary/aromatic N) is 1. The van der Waals surface area contributed by atoms with Gasteiger partial charge in [-0.25, -0.2) is 4.98 Å². The van der Waals surface area contributed by atoms with Crippen molar-refractivity contribution in [3.05, 3.63) is 23.4 Å². The maximum atomic E-state index is 5.05. The van der Waals surface area contributed by atoms with Crippen LogP contribution in [0.3, 0.4) is 0 Å². The predicted molar refractivity (Wildman–Crippen MR) is 53.1 cm³/mol. The van der Waals surface area contributed by atoms with Crippen LogP contribution >= 0.6 is 12.6 Å². The Bertz CT molecular complexity index is 263. The molecule has 0 N–H and O–H groups in total. The maximum Gasteiger partial charge on any atom is 0.215 e. The normalized spacial score (nSPS) is 9.92. The molecule has 1 heterocycles. The Labute approximate surface area is 78.4 Å². The van der Waals surface area contributed by atoms with Crippen LogP contribution in [0.25, 0.3) is 0 Å². The molecule has 66 valence electrons. The number of rotatable bonds is 3. The lowest BCUT2D eigenvalue weighted by atomic mass is 10.2. The van der Waals surface area contributed by atoms with E-state index >= 15 is 0 Å². The minimum absolute atomic E-state index is 0.706. The van der Waals surface area contributed by atoms with Gasteiger partial charge in [0.1, 0.15) is 0 Å². The first-order valence-corrected chi connectivity index (χ1v) is 4.51. The summed E-state index contributed by atoms with van der Waals surface area (Å²) in [6.07, 6.45) is 2.79. The van der Waals surface area contributed by atoms with Crippen molar-refractivity contribution in [1.82, 2.24) is 4.98 Å². The van der Waals surface area contributed by atoms with Crippen molar-refractivity contribution in [2.24, 2.45) is 0 Å². The Hall–Kier alpha value is -0.700. The molecule has 12 heavy (non-hydrogen) atoms. The van der Waals surface area contributed by atoms with E-state index in [0.29, 0.717) is 5.88 Å². The molecule has 0 aromatic carbocycles. The van der Waals surface area contributed by atoms with Crippen molar-refractivity contribution in [1.29, 1.82) is 0 Å². The molecule has 0 atom stereocenters. The van der Waals surface area contributed by atoms with Crippen LogP contribution in [-0.2, 0) is 6.42 Å². The predicted octanol–water partition coefficient (Wildman–Crippen LogP) is 1.87. The minimum Gasteiger partial charge on any atom is -0.481 e. The van der Waals surface area contributed by atoms with Crippen molar-refractivity contribution in [3.8, 4) is 5.88 Å². The summed E-state index contributed by atoms with van der Waals surface area (Å²) < 4.78 is 5.05. The van der Waals surface area contributed by atoms with Gasteiger partial charge in [0.25, 0.3) is 0 Å². The maximum absolute atomic E-state index is 5.05. The van der Waals surface area contributed by atoms with Gasteiger partial charge in [-0.2, -0.15) is 12.6 Å². The van der Waals surface area contributed by atoms with Gasteiger partial charge >= 0.3 is 0 Å². The molecule has 0 fully saturated rings. The van der Waals surface area contributed by atoms with Crippen molar-refractivity contribution in [2.45, 2.75) is 13.3 Å². The monoisotopic (exact) mass is 183 g/mol. The fraction of sp³-hybridized carbons (Fsp3) is 0.444. The molecule has 0 radical (unpaired) electrons. The Morgan fingerprint density at radius 1 is 1.58 bits per heavy atom. The van der Waals surface area contributed by atoms with Gasteiger partial charge in [0.05, 0.1) is 7.11 Å². The van der Waals surface area contributed by atoms with Crippen LogP contribution in [0.4, 0.5) is 0 Å². The second-order valence-electron chi connectivity index (χ2n) is 2.64. The van der Waals surface area contributed by atoms with Gasteiger partial charge < -0.3 is 4.74 Å². The molecule has 0 aliphatic rings. The largest absolute Gasteiger partial charge is 0.481 e. The van der Waals surface area contributed by atoms with E-state index in [0.717, 1.165) is 17.7 Å². The van der Waals surface area contributed by atoms with E-state index in [4.69, 9.17) is 4.74 Å². The molecule has 2 nitrogen and oxygen atoms in total. The summed E-state index contributed by atoms with van der Waals surface area (Å²) in [5, 5.41) is 0. The third-order valence-electron chi connectivity index (χ3n) is 1.68. The number of hydrogen-bond donors (Lipinski definition) is 1. The quantitative estimate of drug-likeness (QED) is 0.723. The zero-order valence-electron chi connectivity index (χ0n) is 7.37. The fourth-order valence-corrected chi connectivity index (χ4v) is 1.36. The molecule has 1 aromatic rings. The van der Waals surface area contributed by atoms with E-state index < -0.39 is 0 Å². The summed E-state index contributed by atoms with van der Waals surface area (Å²) in [5.74, 6) is 1.56. The van der Waals surface area contributed by atoms with E-state index in [2.05, 4.69) is 23.7 Å². The molecule has 0 saturated heterocycles. The molecule has 3 heteroatoms. The van der Waals surface area contributed by atoms with Gasteiger partial charge in [-0.05, 0) is 30.7 Å². The lowest BCUT2D eigenvalue weighted by Gasteiger charge is -2.04. The van der Waals surface area contributed by atoms with E-state index in [1.165, 1.54) is 5.56 Å². The van der Waals surface area contributed by atoms with Crippen molar-refractivity contribution < 1.29 is 4.74 Å². The second kappa shape index (κ2) is 4.36.